The van der Waals surface area contributed by atoms with E-state index in [2.05, 4.69) is 10.0 Å². The monoisotopic (exact) mass is 472 g/mol. The topological polar surface area (TPSA) is 84.5 Å². The molecule has 0 unspecified atom stereocenters. The minimum atomic E-state index is -3.81. The van der Waals surface area contributed by atoms with E-state index >= 15 is 0 Å². The van der Waals surface area contributed by atoms with Gasteiger partial charge in [0.25, 0.3) is 15.9 Å². The van der Waals surface area contributed by atoms with Crippen molar-refractivity contribution in [2.75, 3.05) is 10.0 Å². The molecule has 3 rings (SSSR count). The fraction of sp³-hybridized carbons (Fsp3) is 0.208. The molecule has 0 aliphatic carbocycles. The predicted molar refractivity (Wildman–Crippen MR) is 128 cm³/mol. The molecule has 6 nitrogen and oxygen atoms in total. The van der Waals surface area contributed by atoms with Crippen LogP contribution in [0.3, 0.4) is 0 Å². The number of hydrogen-bond acceptors (Lipinski definition) is 4. The Bertz CT molecular complexity index is 1240. The van der Waals surface area contributed by atoms with Crippen LogP contribution >= 0.6 is 11.6 Å². The molecule has 0 saturated heterocycles. The van der Waals surface area contributed by atoms with Gasteiger partial charge in [0.05, 0.1) is 10.6 Å². The second kappa shape index (κ2) is 9.63. The third-order valence-corrected chi connectivity index (χ3v) is 6.90. The van der Waals surface area contributed by atoms with Crippen molar-refractivity contribution in [1.82, 2.24) is 0 Å². The number of nitrogens with one attached hydrogen (secondary N) is 2. The van der Waals surface area contributed by atoms with Crippen LogP contribution in [0.2, 0.25) is 5.02 Å². The van der Waals surface area contributed by atoms with Gasteiger partial charge < -0.3 is 10.1 Å². The summed E-state index contributed by atoms with van der Waals surface area (Å²) in [5, 5.41) is 3.21. The number of ether oxygens (including phenoxy) is 1. The first-order chi connectivity index (χ1) is 15.1. The maximum absolute atomic E-state index is 12.7. The number of halogens is 1. The molecule has 168 valence electrons. The van der Waals surface area contributed by atoms with Gasteiger partial charge in [0.1, 0.15) is 5.75 Å². The second-order valence-electron chi connectivity index (χ2n) is 7.54. The molecule has 3 aromatic carbocycles. The van der Waals surface area contributed by atoms with Crippen molar-refractivity contribution in [3.05, 3.63) is 82.4 Å². The number of rotatable bonds is 7. The predicted octanol–water partition coefficient (Wildman–Crippen LogP) is 5.47. The van der Waals surface area contributed by atoms with Crippen molar-refractivity contribution in [1.29, 1.82) is 0 Å². The van der Waals surface area contributed by atoms with Crippen LogP contribution in [0, 0.1) is 20.8 Å². The molecule has 1 amide bonds. The summed E-state index contributed by atoms with van der Waals surface area (Å²) in [5.74, 6) is 0.270. The lowest BCUT2D eigenvalue weighted by Crippen LogP contribution is -2.30. The molecule has 0 bridgehead atoms. The van der Waals surface area contributed by atoms with Gasteiger partial charge in [-0.3, -0.25) is 9.52 Å². The van der Waals surface area contributed by atoms with Gasteiger partial charge in [-0.2, -0.15) is 0 Å². The third kappa shape index (κ3) is 5.60. The van der Waals surface area contributed by atoms with E-state index in [0.717, 1.165) is 11.1 Å². The summed E-state index contributed by atoms with van der Waals surface area (Å²) in [4.78, 5) is 12.5. The number of carbonyl (C=O) groups is 1. The molecule has 0 spiro atoms. The molecule has 0 fully saturated rings. The van der Waals surface area contributed by atoms with Crippen LogP contribution in [0.25, 0.3) is 0 Å². The highest BCUT2D eigenvalue weighted by atomic mass is 35.5. The number of benzene rings is 3. The zero-order chi connectivity index (χ0) is 23.5. The highest BCUT2D eigenvalue weighted by molar-refractivity contribution is 7.92. The van der Waals surface area contributed by atoms with Gasteiger partial charge in [0.15, 0.2) is 6.10 Å². The van der Waals surface area contributed by atoms with Crippen molar-refractivity contribution in [3.8, 4) is 5.75 Å². The van der Waals surface area contributed by atoms with Gasteiger partial charge in [-0.25, -0.2) is 8.42 Å². The number of amides is 1. The Hall–Kier alpha value is -3.03. The first-order valence-electron chi connectivity index (χ1n) is 9.99. The molecule has 32 heavy (non-hydrogen) atoms. The normalized spacial score (nSPS) is 12.2. The van der Waals surface area contributed by atoms with Gasteiger partial charge in [0, 0.05) is 10.7 Å². The molecular weight excluding hydrogens is 448 g/mol. The Labute approximate surface area is 193 Å². The second-order valence-corrected chi connectivity index (χ2v) is 9.63. The van der Waals surface area contributed by atoms with E-state index < -0.39 is 16.1 Å². The van der Waals surface area contributed by atoms with E-state index in [4.69, 9.17) is 16.3 Å². The average molecular weight is 473 g/mol. The van der Waals surface area contributed by atoms with Crippen molar-refractivity contribution in [2.45, 2.75) is 38.7 Å². The summed E-state index contributed by atoms with van der Waals surface area (Å²) >= 11 is 6.06. The van der Waals surface area contributed by atoms with Crippen molar-refractivity contribution in [3.63, 3.8) is 0 Å². The van der Waals surface area contributed by atoms with Crippen LogP contribution < -0.4 is 14.8 Å². The van der Waals surface area contributed by atoms with Crippen molar-refractivity contribution < 1.29 is 17.9 Å². The molecule has 0 aliphatic heterocycles. The Balaban J connectivity index is 1.66. The van der Waals surface area contributed by atoms with Gasteiger partial charge >= 0.3 is 0 Å². The van der Waals surface area contributed by atoms with E-state index in [-0.39, 0.29) is 10.8 Å². The summed E-state index contributed by atoms with van der Waals surface area (Å²) in [6.07, 6.45) is -0.729. The first-order valence-corrected chi connectivity index (χ1v) is 11.9. The molecular formula is C24H25ClN2O4S. The van der Waals surface area contributed by atoms with Crippen LogP contribution in [-0.2, 0) is 14.8 Å². The summed E-state index contributed by atoms with van der Waals surface area (Å²) in [6.45, 7) is 7.37. The summed E-state index contributed by atoms with van der Waals surface area (Å²) in [5.41, 5.74) is 3.73. The van der Waals surface area contributed by atoms with E-state index in [9.17, 15) is 13.2 Å². The van der Waals surface area contributed by atoms with E-state index in [0.29, 0.717) is 27.7 Å². The zero-order valence-electron chi connectivity index (χ0n) is 18.3. The highest BCUT2D eigenvalue weighted by Crippen LogP contribution is 2.26. The molecule has 8 heteroatoms. The maximum Gasteiger partial charge on any atom is 0.265 e. The Morgan fingerprint density at radius 1 is 0.969 bits per heavy atom. The van der Waals surface area contributed by atoms with Crippen LogP contribution in [0.4, 0.5) is 11.4 Å². The number of aryl methyl sites for hydroxylation is 2. The fourth-order valence-corrected chi connectivity index (χ4v) is 4.23. The van der Waals surface area contributed by atoms with Gasteiger partial charge in [-0.15, -0.1) is 0 Å². The molecule has 1 atom stereocenters. The highest BCUT2D eigenvalue weighted by Gasteiger charge is 2.18. The maximum atomic E-state index is 12.7. The smallest absolute Gasteiger partial charge is 0.265 e. The Kier molecular flexibility index (Phi) is 7.11. The van der Waals surface area contributed by atoms with Gasteiger partial charge in [-0.05, 0) is 92.9 Å². The molecule has 0 radical (unpaired) electrons. The summed E-state index contributed by atoms with van der Waals surface area (Å²) < 4.78 is 33.7. The SMILES string of the molecule is Cc1ccc(O[C@@H](C)C(=O)Nc2ccc(S(=O)(=O)Nc3cccc(Cl)c3C)cc2)cc1C. The number of carbonyl (C=O) groups excluding carboxylic acids is 1. The minimum absolute atomic E-state index is 0.0642. The molecule has 0 aliphatic rings. The number of hydrogen-bond donors (Lipinski definition) is 2. The van der Waals surface area contributed by atoms with Gasteiger partial charge in [0.2, 0.25) is 0 Å². The molecule has 2 N–H and O–H groups in total. The average Bonchev–Trinajstić information content (AvgIpc) is 2.74. The Morgan fingerprint density at radius 2 is 1.66 bits per heavy atom. The zero-order valence-corrected chi connectivity index (χ0v) is 19.8. The number of sulfonamides is 1. The number of anilines is 2. The lowest BCUT2D eigenvalue weighted by molar-refractivity contribution is -0.122. The molecule has 0 saturated carbocycles. The third-order valence-electron chi connectivity index (χ3n) is 5.10. The minimum Gasteiger partial charge on any atom is -0.481 e. The van der Waals surface area contributed by atoms with Crippen molar-refractivity contribution in [2.24, 2.45) is 0 Å². The largest absolute Gasteiger partial charge is 0.481 e. The van der Waals surface area contributed by atoms with Crippen LogP contribution in [0.1, 0.15) is 23.6 Å². The van der Waals surface area contributed by atoms with E-state index in [1.165, 1.54) is 24.3 Å². The van der Waals surface area contributed by atoms with Crippen LogP contribution in [-0.4, -0.2) is 20.4 Å². The van der Waals surface area contributed by atoms with Crippen LogP contribution in [0.15, 0.2) is 65.6 Å². The summed E-state index contributed by atoms with van der Waals surface area (Å²) in [6, 6.07) is 16.6. The Morgan fingerprint density at radius 3 is 2.31 bits per heavy atom. The standard InChI is InChI=1S/C24H25ClN2O4S/c1-15-8-11-20(14-16(15)2)31-18(4)24(28)26-19-9-12-21(13-10-19)32(29,30)27-23-7-5-6-22(25)17(23)3/h5-14,18,27H,1-4H3,(H,26,28)/t18-/m0/s1. The molecule has 0 heterocycles. The van der Waals surface area contributed by atoms with Gasteiger partial charge in [-0.1, -0.05) is 23.7 Å². The summed E-state index contributed by atoms with van der Waals surface area (Å²) in [7, 11) is -3.81. The molecule has 3 aromatic rings. The van der Waals surface area contributed by atoms with E-state index in [1.807, 2.05) is 32.0 Å². The lowest BCUT2D eigenvalue weighted by atomic mass is 10.1. The van der Waals surface area contributed by atoms with Crippen molar-refractivity contribution >= 4 is 38.9 Å². The lowest BCUT2D eigenvalue weighted by Gasteiger charge is -2.16. The fourth-order valence-electron chi connectivity index (χ4n) is 2.93. The first kappa shape index (κ1) is 23.6. The van der Waals surface area contributed by atoms with E-state index in [1.54, 1.807) is 32.0 Å². The van der Waals surface area contributed by atoms with Crippen LogP contribution in [0.5, 0.6) is 5.75 Å². The quantitative estimate of drug-likeness (QED) is 0.477. The molecule has 0 aromatic heterocycles.